The Morgan fingerprint density at radius 3 is 2.52 bits per heavy atom. The maximum Gasteiger partial charge on any atom is 0.315 e. The Labute approximate surface area is 162 Å². The SMILES string of the molecule is CCOc1ccc(CN(C)C(=O)CCCNC(=O)NC2CCCCC2)cc1. The number of benzene rings is 1. The van der Waals surface area contributed by atoms with E-state index in [0.717, 1.165) is 24.2 Å². The monoisotopic (exact) mass is 375 g/mol. The number of ether oxygens (including phenoxy) is 1. The number of carbonyl (C=O) groups excluding carboxylic acids is 2. The van der Waals surface area contributed by atoms with Gasteiger partial charge in [-0.1, -0.05) is 31.4 Å². The predicted octanol–water partition coefficient (Wildman–Crippen LogP) is 3.46. The van der Waals surface area contributed by atoms with Gasteiger partial charge in [-0.2, -0.15) is 0 Å². The molecule has 1 saturated carbocycles. The van der Waals surface area contributed by atoms with Crippen LogP contribution in [0.15, 0.2) is 24.3 Å². The molecule has 6 heteroatoms. The summed E-state index contributed by atoms with van der Waals surface area (Å²) in [6.45, 7) is 3.68. The molecule has 0 bridgehead atoms. The van der Waals surface area contributed by atoms with Gasteiger partial charge in [0.05, 0.1) is 6.61 Å². The summed E-state index contributed by atoms with van der Waals surface area (Å²) in [5.74, 6) is 0.922. The van der Waals surface area contributed by atoms with Crippen LogP contribution in [0.3, 0.4) is 0 Å². The Kier molecular flexibility index (Phi) is 8.95. The highest BCUT2D eigenvalue weighted by molar-refractivity contribution is 5.76. The van der Waals surface area contributed by atoms with Crippen molar-refractivity contribution >= 4 is 11.9 Å². The first kappa shape index (κ1) is 21.1. The molecule has 27 heavy (non-hydrogen) atoms. The molecule has 1 aliphatic carbocycles. The van der Waals surface area contributed by atoms with Gasteiger partial charge >= 0.3 is 6.03 Å². The van der Waals surface area contributed by atoms with Crippen molar-refractivity contribution in [2.45, 2.75) is 64.5 Å². The molecule has 0 saturated heterocycles. The second-order valence-corrected chi connectivity index (χ2v) is 7.17. The van der Waals surface area contributed by atoms with Crippen LogP contribution in [-0.2, 0) is 11.3 Å². The van der Waals surface area contributed by atoms with Gasteiger partial charge in [-0.05, 0) is 43.9 Å². The number of carbonyl (C=O) groups is 2. The molecule has 1 aromatic rings. The molecule has 2 rings (SSSR count). The van der Waals surface area contributed by atoms with Crippen LogP contribution < -0.4 is 15.4 Å². The van der Waals surface area contributed by atoms with Gasteiger partial charge in [0, 0.05) is 32.6 Å². The van der Waals surface area contributed by atoms with E-state index in [4.69, 9.17) is 4.74 Å². The summed E-state index contributed by atoms with van der Waals surface area (Å²) in [6, 6.07) is 7.99. The topological polar surface area (TPSA) is 70.7 Å². The molecule has 2 N–H and O–H groups in total. The van der Waals surface area contributed by atoms with Crippen LogP contribution in [0.1, 0.15) is 57.4 Å². The molecule has 1 fully saturated rings. The van der Waals surface area contributed by atoms with Gasteiger partial charge in [-0.3, -0.25) is 4.79 Å². The summed E-state index contributed by atoms with van der Waals surface area (Å²) >= 11 is 0. The number of hydrogen-bond donors (Lipinski definition) is 2. The zero-order valence-corrected chi connectivity index (χ0v) is 16.6. The number of rotatable bonds is 9. The van der Waals surface area contributed by atoms with Crippen LogP contribution in [0.25, 0.3) is 0 Å². The summed E-state index contributed by atoms with van der Waals surface area (Å²) in [6.07, 6.45) is 6.87. The van der Waals surface area contributed by atoms with Crippen LogP contribution in [0.4, 0.5) is 4.79 Å². The van der Waals surface area contributed by atoms with Crippen molar-refractivity contribution in [1.29, 1.82) is 0 Å². The molecule has 0 atom stereocenters. The Morgan fingerprint density at radius 2 is 1.85 bits per heavy atom. The highest BCUT2D eigenvalue weighted by Gasteiger charge is 2.15. The van der Waals surface area contributed by atoms with Gasteiger partial charge in [0.2, 0.25) is 5.91 Å². The molecule has 1 aliphatic rings. The highest BCUT2D eigenvalue weighted by atomic mass is 16.5. The third-order valence-corrected chi connectivity index (χ3v) is 4.87. The smallest absolute Gasteiger partial charge is 0.315 e. The van der Waals surface area contributed by atoms with E-state index in [2.05, 4.69) is 10.6 Å². The Morgan fingerprint density at radius 1 is 1.15 bits per heavy atom. The minimum Gasteiger partial charge on any atom is -0.494 e. The number of nitrogens with zero attached hydrogens (tertiary/aromatic N) is 1. The van der Waals surface area contributed by atoms with Crippen LogP contribution in [0.2, 0.25) is 0 Å². The molecule has 0 aliphatic heterocycles. The summed E-state index contributed by atoms with van der Waals surface area (Å²) < 4.78 is 5.43. The lowest BCUT2D eigenvalue weighted by atomic mass is 9.96. The van der Waals surface area contributed by atoms with Crippen molar-refractivity contribution in [2.75, 3.05) is 20.2 Å². The van der Waals surface area contributed by atoms with E-state index < -0.39 is 0 Å². The van der Waals surface area contributed by atoms with Crippen molar-refractivity contribution in [1.82, 2.24) is 15.5 Å². The van der Waals surface area contributed by atoms with Crippen LogP contribution >= 0.6 is 0 Å². The van der Waals surface area contributed by atoms with E-state index in [1.807, 2.05) is 38.2 Å². The number of nitrogens with one attached hydrogen (secondary N) is 2. The van der Waals surface area contributed by atoms with Crippen LogP contribution in [0, 0.1) is 0 Å². The Balaban J connectivity index is 1.60. The van der Waals surface area contributed by atoms with Crippen LogP contribution in [0.5, 0.6) is 5.75 Å². The zero-order chi connectivity index (χ0) is 19.5. The molecule has 150 valence electrons. The first-order chi connectivity index (χ1) is 13.1. The average molecular weight is 376 g/mol. The van der Waals surface area contributed by atoms with E-state index in [1.165, 1.54) is 19.3 Å². The van der Waals surface area contributed by atoms with Gasteiger partial charge < -0.3 is 20.3 Å². The first-order valence-corrected chi connectivity index (χ1v) is 10.1. The van der Waals surface area contributed by atoms with Gasteiger partial charge in [0.15, 0.2) is 0 Å². The largest absolute Gasteiger partial charge is 0.494 e. The molecule has 0 unspecified atom stereocenters. The third-order valence-electron chi connectivity index (χ3n) is 4.87. The average Bonchev–Trinajstić information content (AvgIpc) is 2.67. The van der Waals surface area contributed by atoms with Gasteiger partial charge in [-0.15, -0.1) is 0 Å². The molecule has 0 aromatic heterocycles. The minimum atomic E-state index is -0.114. The van der Waals surface area contributed by atoms with Crippen molar-refractivity contribution in [2.24, 2.45) is 0 Å². The second-order valence-electron chi connectivity index (χ2n) is 7.17. The van der Waals surface area contributed by atoms with Crippen molar-refractivity contribution in [3.05, 3.63) is 29.8 Å². The summed E-state index contributed by atoms with van der Waals surface area (Å²) in [7, 11) is 1.81. The predicted molar refractivity (Wildman–Crippen MR) is 107 cm³/mol. The van der Waals surface area contributed by atoms with E-state index in [-0.39, 0.29) is 11.9 Å². The molecule has 0 heterocycles. The first-order valence-electron chi connectivity index (χ1n) is 10.1. The fourth-order valence-corrected chi connectivity index (χ4v) is 3.34. The number of hydrogen-bond acceptors (Lipinski definition) is 3. The van der Waals surface area contributed by atoms with Crippen molar-refractivity contribution in [3.8, 4) is 5.75 Å². The van der Waals surface area contributed by atoms with E-state index in [9.17, 15) is 9.59 Å². The molecule has 0 spiro atoms. The fraction of sp³-hybridized carbons (Fsp3) is 0.619. The Bertz CT molecular complexity index is 583. The van der Waals surface area contributed by atoms with E-state index in [0.29, 0.717) is 38.6 Å². The molecule has 0 radical (unpaired) electrons. The van der Waals surface area contributed by atoms with Gasteiger partial charge in [0.25, 0.3) is 0 Å². The van der Waals surface area contributed by atoms with Gasteiger partial charge in [-0.25, -0.2) is 4.79 Å². The lowest BCUT2D eigenvalue weighted by Crippen LogP contribution is -2.43. The normalized spacial score (nSPS) is 14.4. The standard InChI is InChI=1S/C21H33N3O3/c1-3-27-19-13-11-17(12-14-19)16-24(2)20(25)10-7-15-22-21(26)23-18-8-5-4-6-9-18/h11-14,18H,3-10,15-16H2,1-2H3,(H2,22,23,26). The van der Waals surface area contributed by atoms with Gasteiger partial charge in [0.1, 0.15) is 5.75 Å². The minimum absolute atomic E-state index is 0.0818. The molecule has 1 aromatic carbocycles. The van der Waals surface area contributed by atoms with Crippen LogP contribution in [-0.4, -0.2) is 43.1 Å². The van der Waals surface area contributed by atoms with Crippen molar-refractivity contribution in [3.63, 3.8) is 0 Å². The maximum absolute atomic E-state index is 12.3. The fourth-order valence-electron chi connectivity index (χ4n) is 3.34. The lowest BCUT2D eigenvalue weighted by molar-refractivity contribution is -0.130. The summed E-state index contributed by atoms with van der Waals surface area (Å²) in [5, 5.41) is 5.88. The lowest BCUT2D eigenvalue weighted by Gasteiger charge is -2.23. The number of amides is 3. The summed E-state index contributed by atoms with van der Waals surface area (Å²) in [5.41, 5.74) is 1.07. The molecular weight excluding hydrogens is 342 g/mol. The Hall–Kier alpha value is -2.24. The summed E-state index contributed by atoms with van der Waals surface area (Å²) in [4.78, 5) is 25.8. The van der Waals surface area contributed by atoms with E-state index >= 15 is 0 Å². The quantitative estimate of drug-likeness (QED) is 0.650. The molecular formula is C21H33N3O3. The maximum atomic E-state index is 12.3. The van der Waals surface area contributed by atoms with E-state index in [1.54, 1.807) is 4.90 Å². The highest BCUT2D eigenvalue weighted by Crippen LogP contribution is 2.17. The molecule has 3 amide bonds. The zero-order valence-electron chi connectivity index (χ0n) is 16.6. The second kappa shape index (κ2) is 11.5. The third kappa shape index (κ3) is 7.89. The van der Waals surface area contributed by atoms with Crippen molar-refractivity contribution < 1.29 is 14.3 Å². The number of urea groups is 1. The molecule has 6 nitrogen and oxygen atoms in total.